The summed E-state index contributed by atoms with van der Waals surface area (Å²) in [7, 11) is 0. The molecule has 0 unspecified atom stereocenters. The Labute approximate surface area is 241 Å². The van der Waals surface area contributed by atoms with Gasteiger partial charge in [0.2, 0.25) is 0 Å². The van der Waals surface area contributed by atoms with Gasteiger partial charge in [0.25, 0.3) is 0 Å². The minimum absolute atomic E-state index is 0.314. The number of hydrogen-bond donors (Lipinski definition) is 0. The Hall–Kier alpha value is -2.42. The lowest BCUT2D eigenvalue weighted by Crippen LogP contribution is -2.11. The number of allylic oxidation sites excluding steroid dienone is 12. The average molecular weight is 539 g/mol. The molecule has 0 radical (unpaired) electrons. The summed E-state index contributed by atoms with van der Waals surface area (Å²) in [5, 5.41) is 0. The predicted octanol–water partition coefficient (Wildman–Crippen LogP) is 11.2. The van der Waals surface area contributed by atoms with Gasteiger partial charge in [-0.2, -0.15) is 0 Å². The van der Waals surface area contributed by atoms with Crippen molar-refractivity contribution in [1.82, 2.24) is 0 Å². The number of rotatable bonds is 26. The van der Waals surface area contributed by atoms with Crippen LogP contribution in [0.5, 0.6) is 0 Å². The molecule has 0 saturated carbocycles. The van der Waals surface area contributed by atoms with Crippen LogP contribution in [0.15, 0.2) is 72.9 Å². The molecule has 0 heterocycles. The van der Waals surface area contributed by atoms with E-state index in [4.69, 9.17) is 4.74 Å². The van der Waals surface area contributed by atoms with Crippen LogP contribution >= 0.6 is 0 Å². The zero-order valence-corrected chi connectivity index (χ0v) is 25.3. The quantitative estimate of drug-likeness (QED) is 0.0476. The molecule has 0 aliphatic carbocycles. The number of unbranched alkanes of at least 4 members (excludes halogenated alkanes) is 10. The van der Waals surface area contributed by atoms with Crippen molar-refractivity contribution in [3.8, 4) is 0 Å². The van der Waals surface area contributed by atoms with E-state index >= 15 is 0 Å². The summed E-state index contributed by atoms with van der Waals surface area (Å²) in [5.74, 6) is -0.783. The van der Waals surface area contributed by atoms with Crippen LogP contribution < -0.4 is 0 Å². The van der Waals surface area contributed by atoms with Crippen molar-refractivity contribution in [1.29, 1.82) is 0 Å². The maximum atomic E-state index is 11.9. The highest BCUT2D eigenvalue weighted by Gasteiger charge is 2.09. The molecular formula is C36H58O3. The van der Waals surface area contributed by atoms with Crippen molar-refractivity contribution in [2.75, 3.05) is 0 Å². The molecule has 0 N–H and O–H groups in total. The van der Waals surface area contributed by atoms with E-state index in [0.717, 1.165) is 64.2 Å². The summed E-state index contributed by atoms with van der Waals surface area (Å²) in [5.41, 5.74) is 0. The Bertz CT molecular complexity index is 674. The molecule has 0 saturated heterocycles. The first-order chi connectivity index (χ1) is 19.2. The van der Waals surface area contributed by atoms with Gasteiger partial charge in [-0.15, -0.1) is 0 Å². The summed E-state index contributed by atoms with van der Waals surface area (Å²) >= 11 is 0. The Morgan fingerprint density at radius 1 is 0.410 bits per heavy atom. The SMILES string of the molecule is CCCCC/C=C/C/C=C/C/C=C/CCCCC(=O)OC(=O)CCCC/C=C/C/C=C/C/C=C/CCCCC. The maximum Gasteiger partial charge on any atom is 0.313 e. The highest BCUT2D eigenvalue weighted by molar-refractivity contribution is 5.85. The van der Waals surface area contributed by atoms with E-state index in [1.54, 1.807) is 0 Å². The predicted molar refractivity (Wildman–Crippen MR) is 170 cm³/mol. The van der Waals surface area contributed by atoms with Crippen LogP contribution in [0.1, 0.15) is 142 Å². The largest absolute Gasteiger partial charge is 0.393 e. The standard InChI is InChI=1S/C36H58O3/c1-3-5-7-9-11-13-15-17-19-21-23-25-27-29-31-33-35(37)39-36(38)34-32-30-28-26-24-22-20-18-16-14-12-10-8-6-4-2/h11-14,17-20,23-26H,3-10,15-16,21-22,27-34H2,1-2H3/b13-11+,14-12+,19-17+,20-18+,25-23+,26-24+. The smallest absolute Gasteiger partial charge is 0.313 e. The zero-order chi connectivity index (χ0) is 28.5. The molecule has 0 fully saturated rings. The van der Waals surface area contributed by atoms with Gasteiger partial charge < -0.3 is 4.74 Å². The molecule has 3 nitrogen and oxygen atoms in total. The zero-order valence-electron chi connectivity index (χ0n) is 25.3. The number of carbonyl (C=O) groups excluding carboxylic acids is 2. The molecule has 0 aliphatic heterocycles. The fraction of sp³-hybridized carbons (Fsp3) is 0.611. The minimum atomic E-state index is -0.392. The van der Waals surface area contributed by atoms with Crippen LogP contribution in [0, 0.1) is 0 Å². The van der Waals surface area contributed by atoms with Crippen LogP contribution in [0.25, 0.3) is 0 Å². The molecule has 3 heteroatoms. The molecule has 220 valence electrons. The third kappa shape index (κ3) is 31.7. The first-order valence-corrected chi connectivity index (χ1v) is 15.8. The van der Waals surface area contributed by atoms with E-state index in [2.05, 4.69) is 86.8 Å². The lowest BCUT2D eigenvalue weighted by Gasteiger charge is -2.02. The Morgan fingerprint density at radius 3 is 1.00 bits per heavy atom. The molecule has 0 aromatic carbocycles. The van der Waals surface area contributed by atoms with Crippen molar-refractivity contribution in [3.63, 3.8) is 0 Å². The van der Waals surface area contributed by atoms with E-state index in [-0.39, 0.29) is 0 Å². The Kier molecular flexibility index (Phi) is 29.8. The first-order valence-electron chi connectivity index (χ1n) is 15.8. The molecule has 39 heavy (non-hydrogen) atoms. The van der Waals surface area contributed by atoms with Gasteiger partial charge in [-0.1, -0.05) is 112 Å². The van der Waals surface area contributed by atoms with Gasteiger partial charge in [0, 0.05) is 12.8 Å². The van der Waals surface area contributed by atoms with Crippen molar-refractivity contribution >= 4 is 11.9 Å². The Balaban J connectivity index is 3.57. The molecule has 0 aromatic rings. The molecule has 0 bridgehead atoms. The summed E-state index contributed by atoms with van der Waals surface area (Å²) in [6, 6.07) is 0. The lowest BCUT2D eigenvalue weighted by atomic mass is 10.1. The summed E-state index contributed by atoms with van der Waals surface area (Å²) in [6.45, 7) is 4.46. The van der Waals surface area contributed by atoms with E-state index in [1.165, 1.54) is 51.4 Å². The summed E-state index contributed by atoms with van der Waals surface area (Å²) < 4.78 is 4.95. The molecule has 0 aliphatic rings. The molecule has 0 atom stereocenters. The second-order valence-electron chi connectivity index (χ2n) is 10.1. The van der Waals surface area contributed by atoms with Gasteiger partial charge in [-0.3, -0.25) is 9.59 Å². The van der Waals surface area contributed by atoms with Crippen molar-refractivity contribution in [2.24, 2.45) is 0 Å². The van der Waals surface area contributed by atoms with Gasteiger partial charge >= 0.3 is 11.9 Å². The summed E-state index contributed by atoms with van der Waals surface area (Å²) in [4.78, 5) is 23.7. The topological polar surface area (TPSA) is 43.4 Å². The second-order valence-corrected chi connectivity index (χ2v) is 10.1. The van der Waals surface area contributed by atoms with Gasteiger partial charge in [-0.05, 0) is 89.9 Å². The fourth-order valence-corrected chi connectivity index (χ4v) is 3.87. The monoisotopic (exact) mass is 538 g/mol. The molecule has 0 spiro atoms. The highest BCUT2D eigenvalue weighted by atomic mass is 16.6. The van der Waals surface area contributed by atoms with Crippen molar-refractivity contribution in [3.05, 3.63) is 72.9 Å². The fourth-order valence-electron chi connectivity index (χ4n) is 3.87. The van der Waals surface area contributed by atoms with Gasteiger partial charge in [0.15, 0.2) is 0 Å². The number of carbonyl (C=O) groups is 2. The summed E-state index contributed by atoms with van der Waals surface area (Å²) in [6.07, 6.45) is 46.5. The second kappa shape index (κ2) is 31.8. The van der Waals surface area contributed by atoms with E-state index < -0.39 is 11.9 Å². The van der Waals surface area contributed by atoms with E-state index in [9.17, 15) is 9.59 Å². The van der Waals surface area contributed by atoms with Crippen LogP contribution in [0.2, 0.25) is 0 Å². The molecule has 0 aromatic heterocycles. The van der Waals surface area contributed by atoms with Crippen LogP contribution in [-0.2, 0) is 14.3 Å². The maximum absolute atomic E-state index is 11.9. The number of ether oxygens (including phenoxy) is 1. The minimum Gasteiger partial charge on any atom is -0.393 e. The molecule has 0 rings (SSSR count). The van der Waals surface area contributed by atoms with E-state index in [0.29, 0.717) is 12.8 Å². The van der Waals surface area contributed by atoms with Crippen LogP contribution in [0.3, 0.4) is 0 Å². The van der Waals surface area contributed by atoms with Gasteiger partial charge in [0.1, 0.15) is 0 Å². The normalized spacial score (nSPS) is 12.5. The van der Waals surface area contributed by atoms with Crippen molar-refractivity contribution in [2.45, 2.75) is 142 Å². The van der Waals surface area contributed by atoms with Crippen molar-refractivity contribution < 1.29 is 14.3 Å². The molecule has 0 amide bonds. The average Bonchev–Trinajstić information content (AvgIpc) is 2.93. The first kappa shape index (κ1) is 36.6. The highest BCUT2D eigenvalue weighted by Crippen LogP contribution is 2.07. The van der Waals surface area contributed by atoms with Crippen LogP contribution in [0.4, 0.5) is 0 Å². The van der Waals surface area contributed by atoms with E-state index in [1.807, 2.05) is 0 Å². The number of esters is 2. The van der Waals surface area contributed by atoms with Gasteiger partial charge in [-0.25, -0.2) is 0 Å². The number of hydrogen-bond acceptors (Lipinski definition) is 3. The van der Waals surface area contributed by atoms with Crippen LogP contribution in [-0.4, -0.2) is 11.9 Å². The Morgan fingerprint density at radius 2 is 0.692 bits per heavy atom. The van der Waals surface area contributed by atoms with Gasteiger partial charge in [0.05, 0.1) is 0 Å². The third-order valence-corrected chi connectivity index (χ3v) is 6.27. The molecular weight excluding hydrogens is 480 g/mol. The lowest BCUT2D eigenvalue weighted by molar-refractivity contribution is -0.159. The third-order valence-electron chi connectivity index (χ3n) is 6.27.